The third-order valence-electron chi connectivity index (χ3n) is 4.59. The van der Waals surface area contributed by atoms with Crippen molar-refractivity contribution in [2.45, 2.75) is 32.0 Å². The number of hydrogen-bond acceptors (Lipinski definition) is 6. The number of aromatic nitrogens is 4. The van der Waals surface area contributed by atoms with Crippen molar-refractivity contribution in [3.8, 4) is 0 Å². The summed E-state index contributed by atoms with van der Waals surface area (Å²) in [4.78, 5) is 25.2. The number of thiophene rings is 1. The van der Waals surface area contributed by atoms with E-state index in [4.69, 9.17) is 0 Å². The molecule has 0 aliphatic carbocycles. The zero-order chi connectivity index (χ0) is 21.3. The Morgan fingerprint density at radius 1 is 1.27 bits per heavy atom. The van der Waals surface area contributed by atoms with Gasteiger partial charge in [-0.25, -0.2) is 4.39 Å². The third-order valence-corrected chi connectivity index (χ3v) is 6.41. The van der Waals surface area contributed by atoms with Crippen LogP contribution in [0.2, 0.25) is 0 Å². The fourth-order valence-electron chi connectivity index (χ4n) is 3.06. The van der Waals surface area contributed by atoms with Crippen molar-refractivity contribution in [1.29, 1.82) is 0 Å². The smallest absolute Gasteiger partial charge is 0.272 e. The summed E-state index contributed by atoms with van der Waals surface area (Å²) >= 11 is 2.57. The molecule has 156 valence electrons. The molecule has 1 amide bonds. The Morgan fingerprint density at radius 2 is 2.07 bits per heavy atom. The van der Waals surface area contributed by atoms with Gasteiger partial charge in [-0.3, -0.25) is 18.6 Å². The van der Waals surface area contributed by atoms with Gasteiger partial charge >= 0.3 is 0 Å². The molecule has 0 radical (unpaired) electrons. The van der Waals surface area contributed by atoms with Crippen molar-refractivity contribution in [1.82, 2.24) is 19.2 Å². The third kappa shape index (κ3) is 3.97. The van der Waals surface area contributed by atoms with Gasteiger partial charge in [0.25, 0.3) is 5.56 Å². The number of para-hydroxylation sites is 1. The van der Waals surface area contributed by atoms with E-state index in [1.165, 1.54) is 35.2 Å². The maximum atomic E-state index is 13.7. The fourth-order valence-corrected chi connectivity index (χ4v) is 4.63. The molecule has 4 rings (SSSR count). The number of thioether (sulfide) groups is 1. The maximum Gasteiger partial charge on any atom is 0.272 e. The number of hydrogen-bond donors (Lipinski definition) is 1. The molecule has 0 unspecified atom stereocenters. The summed E-state index contributed by atoms with van der Waals surface area (Å²) in [7, 11) is 0. The van der Waals surface area contributed by atoms with Crippen molar-refractivity contribution in [2.24, 2.45) is 5.92 Å². The van der Waals surface area contributed by atoms with Crippen LogP contribution in [0.15, 0.2) is 45.7 Å². The Labute approximate surface area is 179 Å². The summed E-state index contributed by atoms with van der Waals surface area (Å²) in [6.45, 7) is 4.75. The van der Waals surface area contributed by atoms with Crippen LogP contribution in [-0.4, -0.2) is 30.8 Å². The molecule has 30 heavy (non-hydrogen) atoms. The molecule has 0 spiro atoms. The van der Waals surface area contributed by atoms with Crippen LogP contribution in [0.1, 0.15) is 20.3 Å². The molecule has 1 aromatic carbocycles. The van der Waals surface area contributed by atoms with Gasteiger partial charge in [0, 0.05) is 6.54 Å². The number of nitrogens with zero attached hydrogens (tertiary/aromatic N) is 4. The number of rotatable bonds is 7. The first-order valence-electron chi connectivity index (χ1n) is 9.48. The highest BCUT2D eigenvalue weighted by Crippen LogP contribution is 2.25. The predicted octanol–water partition coefficient (Wildman–Crippen LogP) is 4.02. The normalized spacial score (nSPS) is 11.6. The van der Waals surface area contributed by atoms with Gasteiger partial charge in [0.15, 0.2) is 5.16 Å². The molecule has 1 N–H and O–H groups in total. The van der Waals surface area contributed by atoms with E-state index in [9.17, 15) is 14.0 Å². The molecule has 10 heteroatoms. The highest BCUT2D eigenvalue weighted by Gasteiger charge is 2.19. The van der Waals surface area contributed by atoms with E-state index in [0.29, 0.717) is 28.1 Å². The molecule has 0 atom stereocenters. The Balaban J connectivity index is 1.63. The van der Waals surface area contributed by atoms with Gasteiger partial charge in [0.1, 0.15) is 10.5 Å². The van der Waals surface area contributed by atoms with E-state index in [-0.39, 0.29) is 22.9 Å². The number of fused-ring (bicyclic) bond motifs is 3. The molecule has 0 saturated heterocycles. The lowest BCUT2D eigenvalue weighted by Gasteiger charge is -2.10. The van der Waals surface area contributed by atoms with E-state index in [0.717, 1.165) is 11.9 Å². The molecule has 7 nitrogen and oxygen atoms in total. The zero-order valence-corrected chi connectivity index (χ0v) is 18.1. The number of halogens is 1. The highest BCUT2D eigenvalue weighted by atomic mass is 32.2. The number of aryl methyl sites for hydroxylation is 1. The summed E-state index contributed by atoms with van der Waals surface area (Å²) in [6, 6.07) is 7.87. The monoisotopic (exact) mass is 445 g/mol. The maximum absolute atomic E-state index is 13.7. The van der Waals surface area contributed by atoms with Crippen LogP contribution in [0.5, 0.6) is 0 Å². The van der Waals surface area contributed by atoms with Crippen LogP contribution >= 0.6 is 23.1 Å². The summed E-state index contributed by atoms with van der Waals surface area (Å²) in [5.74, 6) is 0.0964. The van der Waals surface area contributed by atoms with Gasteiger partial charge in [0.05, 0.1) is 17.0 Å². The van der Waals surface area contributed by atoms with Crippen LogP contribution in [-0.2, 0) is 11.3 Å². The van der Waals surface area contributed by atoms with Crippen LogP contribution in [0, 0.1) is 11.7 Å². The zero-order valence-electron chi connectivity index (χ0n) is 16.5. The van der Waals surface area contributed by atoms with Crippen LogP contribution < -0.4 is 10.9 Å². The number of carbonyl (C=O) groups is 1. The lowest BCUT2D eigenvalue weighted by Crippen LogP contribution is -2.23. The van der Waals surface area contributed by atoms with E-state index < -0.39 is 5.82 Å². The standard InChI is InChI=1S/C20H20FN5O2S2/c1-12(2)7-9-25-18(28)17-15(8-10-29-17)26-19(25)23-24-20(26)30-11-16(27)22-14-6-4-3-5-13(14)21/h3-6,8,10,12H,7,9,11H2,1-2H3,(H,22,27). The van der Waals surface area contributed by atoms with Crippen molar-refractivity contribution in [2.75, 3.05) is 11.1 Å². The predicted molar refractivity (Wildman–Crippen MR) is 118 cm³/mol. The molecule has 4 aromatic rings. The molecule has 0 fully saturated rings. The molecule has 3 heterocycles. The fraction of sp³-hybridized carbons (Fsp3) is 0.300. The van der Waals surface area contributed by atoms with Crippen molar-refractivity contribution >= 4 is 50.7 Å². The average molecular weight is 446 g/mol. The second-order valence-corrected chi connectivity index (χ2v) is 9.07. The van der Waals surface area contributed by atoms with E-state index in [1.807, 2.05) is 15.8 Å². The summed E-state index contributed by atoms with van der Waals surface area (Å²) in [5, 5.41) is 13.4. The van der Waals surface area contributed by atoms with Crippen LogP contribution in [0.4, 0.5) is 10.1 Å². The highest BCUT2D eigenvalue weighted by molar-refractivity contribution is 7.99. The lowest BCUT2D eigenvalue weighted by molar-refractivity contribution is -0.113. The molecular formula is C20H20FN5O2S2. The molecule has 0 aliphatic heterocycles. The van der Waals surface area contributed by atoms with Gasteiger partial charge in [-0.15, -0.1) is 21.5 Å². The Hall–Kier alpha value is -2.72. The first kappa shape index (κ1) is 20.5. The van der Waals surface area contributed by atoms with Gasteiger partial charge in [-0.05, 0) is 35.9 Å². The lowest BCUT2D eigenvalue weighted by atomic mass is 10.1. The minimum atomic E-state index is -0.488. The molecular weight excluding hydrogens is 425 g/mol. The molecule has 3 aromatic heterocycles. The van der Waals surface area contributed by atoms with E-state index in [1.54, 1.807) is 16.7 Å². The molecule has 0 aliphatic rings. The van der Waals surface area contributed by atoms with Gasteiger partial charge in [-0.2, -0.15) is 0 Å². The first-order chi connectivity index (χ1) is 14.5. The SMILES string of the molecule is CC(C)CCn1c(=O)c2sccc2n2c(SCC(=O)Nc3ccccc3F)nnc12. The minimum Gasteiger partial charge on any atom is -0.323 e. The van der Waals surface area contributed by atoms with Crippen molar-refractivity contribution in [3.05, 3.63) is 51.9 Å². The molecule has 0 bridgehead atoms. The second-order valence-electron chi connectivity index (χ2n) is 7.21. The van der Waals surface area contributed by atoms with E-state index in [2.05, 4.69) is 29.4 Å². The number of benzene rings is 1. The minimum absolute atomic E-state index is 0.0336. The van der Waals surface area contributed by atoms with E-state index >= 15 is 0 Å². The molecule has 0 saturated carbocycles. The van der Waals surface area contributed by atoms with Gasteiger partial charge < -0.3 is 5.32 Å². The second kappa shape index (κ2) is 8.57. The Kier molecular flexibility index (Phi) is 5.87. The number of carbonyl (C=O) groups excluding carboxylic acids is 1. The first-order valence-corrected chi connectivity index (χ1v) is 11.3. The number of amides is 1. The summed E-state index contributed by atoms with van der Waals surface area (Å²) < 4.78 is 17.8. The van der Waals surface area contributed by atoms with Crippen LogP contribution in [0.25, 0.3) is 16.0 Å². The Morgan fingerprint density at radius 3 is 2.83 bits per heavy atom. The van der Waals surface area contributed by atoms with Crippen molar-refractivity contribution < 1.29 is 9.18 Å². The number of anilines is 1. The van der Waals surface area contributed by atoms with Crippen molar-refractivity contribution in [3.63, 3.8) is 0 Å². The number of nitrogens with one attached hydrogen (secondary N) is 1. The summed E-state index contributed by atoms with van der Waals surface area (Å²) in [5.41, 5.74) is 0.786. The largest absolute Gasteiger partial charge is 0.323 e. The summed E-state index contributed by atoms with van der Waals surface area (Å²) in [6.07, 6.45) is 0.840. The van der Waals surface area contributed by atoms with Crippen LogP contribution in [0.3, 0.4) is 0 Å². The Bertz CT molecular complexity index is 1280. The topological polar surface area (TPSA) is 81.3 Å². The van der Waals surface area contributed by atoms with Gasteiger partial charge in [0.2, 0.25) is 11.7 Å². The van der Waals surface area contributed by atoms with Gasteiger partial charge in [-0.1, -0.05) is 37.7 Å². The quantitative estimate of drug-likeness (QED) is 0.435. The average Bonchev–Trinajstić information content (AvgIpc) is 3.35.